The normalized spacial score (nSPS) is 38.0. The molecule has 6 unspecified atom stereocenters. The second kappa shape index (κ2) is 11.5. The molecule has 2 aliphatic carbocycles. The number of nitrogens with zero attached hydrogens (tertiary/aromatic N) is 1. The summed E-state index contributed by atoms with van der Waals surface area (Å²) in [5.41, 5.74) is 0. The molecule has 0 aromatic heterocycles. The molecule has 0 bridgehead atoms. The van der Waals surface area contributed by atoms with E-state index in [1.165, 1.54) is 89.9 Å². The monoisotopic (exact) mass is 432 g/mol. The Kier molecular flexibility index (Phi) is 8.73. The third kappa shape index (κ3) is 6.05. The van der Waals surface area contributed by atoms with Crippen molar-refractivity contribution in [1.29, 1.82) is 0 Å². The topological polar surface area (TPSA) is 52.6 Å². The summed E-state index contributed by atoms with van der Waals surface area (Å²) in [6, 6.07) is 0.669. The highest BCUT2D eigenvalue weighted by molar-refractivity contribution is 5.70. The summed E-state index contributed by atoms with van der Waals surface area (Å²) in [6.07, 6.45) is 22.0. The summed E-state index contributed by atoms with van der Waals surface area (Å²) in [5.74, 6) is 2.84. The highest BCUT2D eigenvalue weighted by atomic mass is 16.4. The molecule has 4 heteroatoms. The van der Waals surface area contributed by atoms with Crippen molar-refractivity contribution in [1.82, 2.24) is 10.2 Å². The number of hydrogen-bond donors (Lipinski definition) is 2. The fourth-order valence-electron chi connectivity index (χ4n) is 7.70. The van der Waals surface area contributed by atoms with Gasteiger partial charge in [0.15, 0.2) is 0 Å². The van der Waals surface area contributed by atoms with Crippen LogP contribution in [0.2, 0.25) is 0 Å². The van der Waals surface area contributed by atoms with Gasteiger partial charge in [-0.2, -0.15) is 0 Å². The SMILES string of the molecule is CCCCCCC1CCC2NC(N3CCCC(C(=O)O)C3)CC(C3CCCCC3)C2C1. The van der Waals surface area contributed by atoms with Gasteiger partial charge in [0.2, 0.25) is 0 Å². The highest BCUT2D eigenvalue weighted by Gasteiger charge is 2.45. The number of piperidine rings is 2. The zero-order valence-corrected chi connectivity index (χ0v) is 20.1. The van der Waals surface area contributed by atoms with Crippen molar-refractivity contribution in [3.63, 3.8) is 0 Å². The molecule has 2 N–H and O–H groups in total. The molecule has 4 aliphatic rings. The minimum atomic E-state index is -0.592. The number of carboxylic acids is 1. The molecule has 31 heavy (non-hydrogen) atoms. The van der Waals surface area contributed by atoms with E-state index in [1.54, 1.807) is 0 Å². The average Bonchev–Trinajstić information content (AvgIpc) is 2.81. The quantitative estimate of drug-likeness (QED) is 0.458. The van der Waals surface area contributed by atoms with E-state index in [4.69, 9.17) is 0 Å². The van der Waals surface area contributed by atoms with Crippen LogP contribution in [0.5, 0.6) is 0 Å². The Morgan fingerprint density at radius 3 is 2.55 bits per heavy atom. The third-order valence-corrected chi connectivity index (χ3v) is 9.42. The lowest BCUT2D eigenvalue weighted by Gasteiger charge is -2.53. The summed E-state index contributed by atoms with van der Waals surface area (Å²) >= 11 is 0. The van der Waals surface area contributed by atoms with Gasteiger partial charge >= 0.3 is 5.97 Å². The van der Waals surface area contributed by atoms with E-state index in [1.807, 2.05) is 0 Å². The Labute approximate surface area is 190 Å². The van der Waals surface area contributed by atoms with Gasteiger partial charge in [-0.25, -0.2) is 0 Å². The molecule has 0 amide bonds. The maximum Gasteiger partial charge on any atom is 0.307 e. The van der Waals surface area contributed by atoms with Gasteiger partial charge < -0.3 is 5.11 Å². The van der Waals surface area contributed by atoms with Crippen LogP contribution < -0.4 is 5.32 Å². The number of likely N-dealkylation sites (tertiary alicyclic amines) is 1. The molecular weight excluding hydrogens is 384 g/mol. The minimum absolute atomic E-state index is 0.166. The van der Waals surface area contributed by atoms with E-state index in [0.29, 0.717) is 12.2 Å². The third-order valence-electron chi connectivity index (χ3n) is 9.42. The molecule has 2 saturated carbocycles. The minimum Gasteiger partial charge on any atom is -0.481 e. The molecule has 0 aromatic rings. The van der Waals surface area contributed by atoms with Crippen LogP contribution in [0, 0.1) is 29.6 Å². The largest absolute Gasteiger partial charge is 0.481 e. The van der Waals surface area contributed by atoms with Crippen molar-refractivity contribution in [3.8, 4) is 0 Å². The van der Waals surface area contributed by atoms with Crippen LogP contribution >= 0.6 is 0 Å². The number of rotatable bonds is 8. The van der Waals surface area contributed by atoms with Gasteiger partial charge in [0.25, 0.3) is 0 Å². The van der Waals surface area contributed by atoms with E-state index in [0.717, 1.165) is 49.6 Å². The zero-order valence-electron chi connectivity index (χ0n) is 20.1. The van der Waals surface area contributed by atoms with E-state index < -0.39 is 5.97 Å². The first kappa shape index (κ1) is 23.5. The average molecular weight is 433 g/mol. The first-order valence-corrected chi connectivity index (χ1v) is 13.9. The summed E-state index contributed by atoms with van der Waals surface area (Å²) in [4.78, 5) is 14.2. The summed E-state index contributed by atoms with van der Waals surface area (Å²) < 4.78 is 0. The number of unbranched alkanes of at least 4 members (excludes halogenated alkanes) is 3. The Morgan fingerprint density at radius 2 is 1.77 bits per heavy atom. The number of aliphatic carboxylic acids is 1. The lowest BCUT2D eigenvalue weighted by Crippen LogP contribution is -2.62. The Hall–Kier alpha value is -0.610. The summed E-state index contributed by atoms with van der Waals surface area (Å²) in [7, 11) is 0. The van der Waals surface area contributed by atoms with Crippen molar-refractivity contribution < 1.29 is 9.90 Å². The van der Waals surface area contributed by atoms with Crippen molar-refractivity contribution in [2.24, 2.45) is 29.6 Å². The molecule has 4 rings (SSSR count). The molecule has 2 heterocycles. The summed E-state index contributed by atoms with van der Waals surface area (Å²) in [6.45, 7) is 4.14. The fourth-order valence-corrected chi connectivity index (χ4v) is 7.70. The van der Waals surface area contributed by atoms with E-state index in [-0.39, 0.29) is 5.92 Å². The van der Waals surface area contributed by atoms with Crippen LogP contribution in [-0.2, 0) is 4.79 Å². The van der Waals surface area contributed by atoms with Crippen molar-refractivity contribution >= 4 is 5.97 Å². The molecule has 0 radical (unpaired) electrons. The predicted octanol–water partition coefficient (Wildman–Crippen LogP) is 6.05. The standard InChI is InChI=1S/C27H48N2O2/c1-2-3-4-6-10-20-14-15-25-24(17-20)23(21-11-7-5-8-12-21)18-26(28-25)29-16-9-13-22(19-29)27(30)31/h20-26,28H,2-19H2,1H3,(H,30,31). The van der Waals surface area contributed by atoms with Gasteiger partial charge in [-0.15, -0.1) is 0 Å². The highest BCUT2D eigenvalue weighted by Crippen LogP contribution is 2.47. The lowest BCUT2D eigenvalue weighted by atomic mass is 9.62. The Morgan fingerprint density at radius 1 is 0.935 bits per heavy atom. The van der Waals surface area contributed by atoms with Gasteiger partial charge in [0, 0.05) is 12.6 Å². The second-order valence-electron chi connectivity index (χ2n) is 11.5. The molecular formula is C27H48N2O2. The first-order chi connectivity index (χ1) is 15.2. The number of carbonyl (C=O) groups is 1. The van der Waals surface area contributed by atoms with E-state index in [9.17, 15) is 9.90 Å². The fraction of sp³-hybridized carbons (Fsp3) is 0.963. The van der Waals surface area contributed by atoms with Crippen LogP contribution in [0.3, 0.4) is 0 Å². The van der Waals surface area contributed by atoms with Crippen LogP contribution in [0.1, 0.15) is 110 Å². The molecule has 2 aliphatic heterocycles. The van der Waals surface area contributed by atoms with Crippen molar-refractivity contribution in [2.45, 2.75) is 122 Å². The van der Waals surface area contributed by atoms with Crippen LogP contribution in [0.25, 0.3) is 0 Å². The molecule has 178 valence electrons. The number of carboxylic acid groups (broad SMARTS) is 1. The lowest BCUT2D eigenvalue weighted by molar-refractivity contribution is -0.144. The Bertz CT molecular complexity index is 561. The van der Waals surface area contributed by atoms with Crippen LogP contribution in [0.4, 0.5) is 0 Å². The molecule has 0 spiro atoms. The maximum absolute atomic E-state index is 11.6. The Balaban J connectivity index is 1.41. The van der Waals surface area contributed by atoms with Crippen molar-refractivity contribution in [3.05, 3.63) is 0 Å². The predicted molar refractivity (Wildman–Crippen MR) is 127 cm³/mol. The maximum atomic E-state index is 11.6. The van der Waals surface area contributed by atoms with E-state index >= 15 is 0 Å². The number of hydrogen-bond acceptors (Lipinski definition) is 3. The molecule has 4 nitrogen and oxygen atoms in total. The molecule has 0 aromatic carbocycles. The van der Waals surface area contributed by atoms with Gasteiger partial charge in [-0.3, -0.25) is 15.0 Å². The molecule has 4 fully saturated rings. The van der Waals surface area contributed by atoms with Gasteiger partial charge in [0.05, 0.1) is 12.1 Å². The van der Waals surface area contributed by atoms with Gasteiger partial charge in [0.1, 0.15) is 0 Å². The smallest absolute Gasteiger partial charge is 0.307 e. The number of nitrogens with one attached hydrogen (secondary N) is 1. The van der Waals surface area contributed by atoms with Crippen LogP contribution in [-0.4, -0.2) is 41.3 Å². The van der Waals surface area contributed by atoms with Gasteiger partial charge in [-0.05, 0) is 68.7 Å². The van der Waals surface area contributed by atoms with Gasteiger partial charge in [-0.1, -0.05) is 71.1 Å². The zero-order chi connectivity index (χ0) is 21.6. The summed E-state index contributed by atoms with van der Waals surface area (Å²) in [5, 5.41) is 13.7. The molecule has 6 atom stereocenters. The first-order valence-electron chi connectivity index (χ1n) is 13.9. The second-order valence-corrected chi connectivity index (χ2v) is 11.5. The van der Waals surface area contributed by atoms with E-state index in [2.05, 4.69) is 17.1 Å². The van der Waals surface area contributed by atoms with Crippen LogP contribution in [0.15, 0.2) is 0 Å². The van der Waals surface area contributed by atoms with Crippen molar-refractivity contribution in [2.75, 3.05) is 13.1 Å². The number of fused-ring (bicyclic) bond motifs is 1. The molecule has 2 saturated heterocycles.